The molecule has 3 aromatic rings. The number of hydrogen-bond donors (Lipinski definition) is 1. The summed E-state index contributed by atoms with van der Waals surface area (Å²) in [4.78, 5) is 41.2. The summed E-state index contributed by atoms with van der Waals surface area (Å²) in [6.45, 7) is 0. The molecule has 0 aliphatic carbocycles. The summed E-state index contributed by atoms with van der Waals surface area (Å²) in [7, 11) is 1.18. The molecule has 3 rings (SSSR count). The van der Waals surface area contributed by atoms with Crippen LogP contribution in [0.4, 0.5) is 5.69 Å². The number of benzene rings is 2. The van der Waals surface area contributed by atoms with Crippen LogP contribution >= 0.6 is 0 Å². The fourth-order valence-electron chi connectivity index (χ4n) is 2.31. The van der Waals surface area contributed by atoms with Crippen LogP contribution in [0.3, 0.4) is 0 Å². The van der Waals surface area contributed by atoms with Crippen LogP contribution in [0.15, 0.2) is 47.3 Å². The molecule has 1 aromatic heterocycles. The normalized spacial score (nSPS) is 10.5. The van der Waals surface area contributed by atoms with Crippen LogP contribution in [0.1, 0.15) is 10.4 Å². The predicted octanol–water partition coefficient (Wildman–Crippen LogP) is 2.28. The Hall–Kier alpha value is -3.55. The topological polar surface area (TPSA) is 115 Å². The second-order valence-corrected chi connectivity index (χ2v) is 4.95. The minimum absolute atomic E-state index is 0.00231. The Morgan fingerprint density at radius 3 is 2.71 bits per heavy atom. The lowest BCUT2D eigenvalue weighted by atomic mass is 10.1. The lowest BCUT2D eigenvalue weighted by Crippen LogP contribution is -2.10. The summed E-state index contributed by atoms with van der Waals surface area (Å²) in [6, 6.07) is 10.4. The molecule has 0 saturated heterocycles. The van der Waals surface area contributed by atoms with Crippen LogP contribution in [0.5, 0.6) is 0 Å². The monoisotopic (exact) mass is 325 g/mol. The highest BCUT2D eigenvalue weighted by Crippen LogP contribution is 2.24. The van der Waals surface area contributed by atoms with Gasteiger partial charge in [-0.2, -0.15) is 0 Å². The van der Waals surface area contributed by atoms with Gasteiger partial charge in [-0.1, -0.05) is 12.1 Å². The number of nitro benzene ring substituents is 1. The van der Waals surface area contributed by atoms with E-state index in [-0.39, 0.29) is 28.2 Å². The Bertz CT molecular complexity index is 1030. The SMILES string of the molecule is COC(=O)c1cc(-c2nc3ccccc3c(=O)[nH]2)cc([N+](=O)[O-])c1. The van der Waals surface area contributed by atoms with Crippen molar-refractivity contribution in [3.8, 4) is 11.4 Å². The maximum Gasteiger partial charge on any atom is 0.338 e. The van der Waals surface area contributed by atoms with Crippen molar-refractivity contribution in [2.75, 3.05) is 7.11 Å². The zero-order chi connectivity index (χ0) is 17.3. The number of aromatic amines is 1. The fraction of sp³-hybridized carbons (Fsp3) is 0.0625. The van der Waals surface area contributed by atoms with E-state index < -0.39 is 10.9 Å². The highest BCUT2D eigenvalue weighted by atomic mass is 16.6. The van der Waals surface area contributed by atoms with Crippen molar-refractivity contribution in [3.63, 3.8) is 0 Å². The first-order valence-electron chi connectivity index (χ1n) is 6.87. The summed E-state index contributed by atoms with van der Waals surface area (Å²) in [5, 5.41) is 11.5. The largest absolute Gasteiger partial charge is 0.465 e. The van der Waals surface area contributed by atoms with Crippen molar-refractivity contribution in [1.29, 1.82) is 0 Å². The van der Waals surface area contributed by atoms with Gasteiger partial charge in [0.1, 0.15) is 5.82 Å². The number of nitro groups is 1. The molecule has 0 fully saturated rings. The number of H-pyrrole nitrogens is 1. The van der Waals surface area contributed by atoms with Crippen LogP contribution < -0.4 is 5.56 Å². The number of fused-ring (bicyclic) bond motifs is 1. The van der Waals surface area contributed by atoms with Gasteiger partial charge in [-0.05, 0) is 18.2 Å². The zero-order valence-corrected chi connectivity index (χ0v) is 12.5. The predicted molar refractivity (Wildman–Crippen MR) is 85.8 cm³/mol. The molecule has 0 bridgehead atoms. The number of nitrogens with one attached hydrogen (secondary N) is 1. The number of non-ortho nitro benzene ring substituents is 1. The molecule has 1 heterocycles. The van der Waals surface area contributed by atoms with E-state index in [9.17, 15) is 19.7 Å². The number of carbonyl (C=O) groups excluding carboxylic acids is 1. The molecule has 0 unspecified atom stereocenters. The molecule has 0 spiro atoms. The van der Waals surface area contributed by atoms with Crippen molar-refractivity contribution in [1.82, 2.24) is 9.97 Å². The van der Waals surface area contributed by atoms with Crippen LogP contribution in [0.25, 0.3) is 22.3 Å². The van der Waals surface area contributed by atoms with Gasteiger partial charge in [0, 0.05) is 17.7 Å². The molecule has 2 aromatic carbocycles. The number of aromatic nitrogens is 2. The average molecular weight is 325 g/mol. The van der Waals surface area contributed by atoms with E-state index in [1.807, 2.05) is 0 Å². The highest BCUT2D eigenvalue weighted by Gasteiger charge is 2.17. The van der Waals surface area contributed by atoms with Crippen molar-refractivity contribution < 1.29 is 14.5 Å². The lowest BCUT2D eigenvalue weighted by molar-refractivity contribution is -0.384. The smallest absolute Gasteiger partial charge is 0.338 e. The highest BCUT2D eigenvalue weighted by molar-refractivity contribution is 5.92. The van der Waals surface area contributed by atoms with Gasteiger partial charge in [-0.25, -0.2) is 9.78 Å². The molecule has 0 amide bonds. The first-order chi connectivity index (χ1) is 11.5. The van der Waals surface area contributed by atoms with Crippen molar-refractivity contribution in [2.45, 2.75) is 0 Å². The molecule has 24 heavy (non-hydrogen) atoms. The molecule has 120 valence electrons. The second-order valence-electron chi connectivity index (χ2n) is 4.95. The van der Waals surface area contributed by atoms with E-state index in [1.54, 1.807) is 24.3 Å². The van der Waals surface area contributed by atoms with Gasteiger partial charge in [0.05, 0.1) is 28.5 Å². The molecule has 1 N–H and O–H groups in total. The summed E-state index contributed by atoms with van der Waals surface area (Å²) < 4.78 is 4.60. The number of hydrogen-bond acceptors (Lipinski definition) is 6. The summed E-state index contributed by atoms with van der Waals surface area (Å²) >= 11 is 0. The van der Waals surface area contributed by atoms with Crippen molar-refractivity contribution >= 4 is 22.6 Å². The second kappa shape index (κ2) is 5.92. The Labute approximate surface area is 134 Å². The van der Waals surface area contributed by atoms with Gasteiger partial charge in [0.25, 0.3) is 11.2 Å². The molecule has 0 atom stereocenters. The van der Waals surface area contributed by atoms with Gasteiger partial charge in [0.15, 0.2) is 0 Å². The summed E-state index contributed by atoms with van der Waals surface area (Å²) in [5.41, 5.74) is 0.0118. The number of ether oxygens (including phenoxy) is 1. The van der Waals surface area contributed by atoms with Gasteiger partial charge < -0.3 is 9.72 Å². The molecule has 8 nitrogen and oxygen atoms in total. The Morgan fingerprint density at radius 1 is 1.25 bits per heavy atom. The van der Waals surface area contributed by atoms with Crippen LogP contribution in [0, 0.1) is 10.1 Å². The molecule has 8 heteroatoms. The minimum atomic E-state index is -0.719. The fourth-order valence-corrected chi connectivity index (χ4v) is 2.31. The van der Waals surface area contributed by atoms with Crippen molar-refractivity contribution in [2.24, 2.45) is 0 Å². The van der Waals surface area contributed by atoms with E-state index in [0.29, 0.717) is 10.9 Å². The van der Waals surface area contributed by atoms with E-state index in [2.05, 4.69) is 14.7 Å². The molecule has 0 aliphatic rings. The standard InChI is InChI=1S/C16H11N3O5/c1-24-16(21)10-6-9(7-11(8-10)19(22)23)14-17-13-5-3-2-4-12(13)15(20)18-14/h2-8H,1H3,(H,17,18,20). The van der Waals surface area contributed by atoms with E-state index >= 15 is 0 Å². The number of methoxy groups -OCH3 is 1. The number of esters is 1. The third kappa shape index (κ3) is 2.72. The maximum atomic E-state index is 12.1. The number of nitrogens with zero attached hydrogens (tertiary/aromatic N) is 2. The van der Waals surface area contributed by atoms with E-state index in [0.717, 1.165) is 6.07 Å². The van der Waals surface area contributed by atoms with Crippen LogP contribution in [-0.2, 0) is 4.74 Å². The molecule has 0 aliphatic heterocycles. The summed E-state index contributed by atoms with van der Waals surface area (Å²) in [5.74, 6) is -0.587. The minimum Gasteiger partial charge on any atom is -0.465 e. The third-order valence-electron chi connectivity index (χ3n) is 3.44. The van der Waals surface area contributed by atoms with Crippen LogP contribution in [-0.4, -0.2) is 28.0 Å². The number of para-hydroxylation sites is 1. The quantitative estimate of drug-likeness (QED) is 0.449. The zero-order valence-electron chi connectivity index (χ0n) is 12.5. The maximum absolute atomic E-state index is 12.1. The van der Waals surface area contributed by atoms with Gasteiger partial charge in [0.2, 0.25) is 0 Å². The third-order valence-corrected chi connectivity index (χ3v) is 3.44. The van der Waals surface area contributed by atoms with Gasteiger partial charge in [-0.3, -0.25) is 14.9 Å². The van der Waals surface area contributed by atoms with E-state index in [1.165, 1.54) is 19.2 Å². The van der Waals surface area contributed by atoms with E-state index in [4.69, 9.17) is 0 Å². The summed E-state index contributed by atoms with van der Waals surface area (Å²) in [6.07, 6.45) is 0. The average Bonchev–Trinajstić information content (AvgIpc) is 2.60. The van der Waals surface area contributed by atoms with Crippen LogP contribution in [0.2, 0.25) is 0 Å². The number of carbonyl (C=O) groups is 1. The van der Waals surface area contributed by atoms with Gasteiger partial charge in [-0.15, -0.1) is 0 Å². The molecular formula is C16H11N3O5. The first-order valence-corrected chi connectivity index (χ1v) is 6.87. The first kappa shape index (κ1) is 15.3. The molecule has 0 radical (unpaired) electrons. The molecule has 0 saturated carbocycles. The number of rotatable bonds is 3. The van der Waals surface area contributed by atoms with Gasteiger partial charge >= 0.3 is 5.97 Å². The Kier molecular flexibility index (Phi) is 3.78. The Balaban J connectivity index is 2.25. The molecular weight excluding hydrogens is 314 g/mol. The van der Waals surface area contributed by atoms with Crippen molar-refractivity contribution in [3.05, 3.63) is 68.5 Å². The lowest BCUT2D eigenvalue weighted by Gasteiger charge is -2.06. The Morgan fingerprint density at radius 2 is 2.00 bits per heavy atom.